The van der Waals surface area contributed by atoms with Gasteiger partial charge in [-0.2, -0.15) is 0 Å². The molecule has 4 heteroatoms. The van der Waals surface area contributed by atoms with Crippen molar-refractivity contribution in [2.24, 2.45) is 0 Å². The zero-order valence-electron chi connectivity index (χ0n) is 12.5. The number of methoxy groups -OCH3 is 1. The molecule has 1 aliphatic heterocycles. The van der Waals surface area contributed by atoms with Crippen molar-refractivity contribution in [1.82, 2.24) is 14.3 Å². The van der Waals surface area contributed by atoms with E-state index in [9.17, 15) is 0 Å². The van der Waals surface area contributed by atoms with E-state index < -0.39 is 0 Å². The third-order valence-electron chi connectivity index (χ3n) is 4.32. The minimum atomic E-state index is 0.614. The predicted octanol–water partition coefficient (Wildman–Crippen LogP) is 2.76. The second-order valence-electron chi connectivity index (χ2n) is 5.87. The van der Waals surface area contributed by atoms with Crippen LogP contribution in [0.5, 0.6) is 5.75 Å². The van der Waals surface area contributed by atoms with E-state index in [0.29, 0.717) is 12.1 Å². The topological polar surface area (TPSA) is 29.8 Å². The highest BCUT2D eigenvalue weighted by atomic mass is 16.5. The molecule has 0 amide bonds. The van der Waals surface area contributed by atoms with E-state index in [-0.39, 0.29) is 0 Å². The molecule has 1 atom stereocenters. The first-order chi connectivity index (χ1) is 9.69. The number of pyridine rings is 1. The van der Waals surface area contributed by atoms with Crippen molar-refractivity contribution >= 4 is 5.52 Å². The third-order valence-corrected chi connectivity index (χ3v) is 4.32. The number of likely N-dealkylation sites (tertiary alicyclic amines) is 1. The molecule has 4 nitrogen and oxygen atoms in total. The van der Waals surface area contributed by atoms with Crippen molar-refractivity contribution in [2.75, 3.05) is 13.7 Å². The van der Waals surface area contributed by atoms with Crippen LogP contribution in [0.1, 0.15) is 32.5 Å². The summed E-state index contributed by atoms with van der Waals surface area (Å²) < 4.78 is 7.48. The average Bonchev–Trinajstić information content (AvgIpc) is 3.06. The minimum Gasteiger partial charge on any atom is -0.495 e. The van der Waals surface area contributed by atoms with Crippen LogP contribution in [0.2, 0.25) is 0 Å². The van der Waals surface area contributed by atoms with E-state index in [1.807, 2.05) is 18.5 Å². The Kier molecular flexibility index (Phi) is 3.66. The normalized spacial score (nSPS) is 20.1. The average molecular weight is 273 g/mol. The fourth-order valence-electron chi connectivity index (χ4n) is 3.26. The van der Waals surface area contributed by atoms with Gasteiger partial charge in [-0.05, 0) is 45.4 Å². The number of nitrogens with zero attached hydrogens (tertiary/aromatic N) is 3. The highest BCUT2D eigenvalue weighted by molar-refractivity contribution is 5.48. The predicted molar refractivity (Wildman–Crippen MR) is 80.3 cm³/mol. The van der Waals surface area contributed by atoms with Crippen molar-refractivity contribution in [3.05, 3.63) is 30.4 Å². The van der Waals surface area contributed by atoms with Crippen molar-refractivity contribution in [1.29, 1.82) is 0 Å². The number of hydrogen-bond donors (Lipinski definition) is 0. The van der Waals surface area contributed by atoms with E-state index in [1.165, 1.54) is 19.4 Å². The van der Waals surface area contributed by atoms with Crippen molar-refractivity contribution < 1.29 is 4.74 Å². The van der Waals surface area contributed by atoms with Crippen LogP contribution < -0.4 is 4.74 Å². The maximum atomic E-state index is 5.32. The number of imidazole rings is 1. The van der Waals surface area contributed by atoms with E-state index in [0.717, 1.165) is 23.5 Å². The highest BCUT2D eigenvalue weighted by Crippen LogP contribution is 2.24. The summed E-state index contributed by atoms with van der Waals surface area (Å²) in [4.78, 5) is 7.21. The third kappa shape index (κ3) is 2.40. The molecule has 0 aromatic carbocycles. The Hall–Kier alpha value is -1.55. The summed E-state index contributed by atoms with van der Waals surface area (Å²) in [6.45, 7) is 5.78. The first kappa shape index (κ1) is 13.4. The maximum Gasteiger partial charge on any atom is 0.135 e. The molecular weight excluding hydrogens is 250 g/mol. The lowest BCUT2D eigenvalue weighted by Crippen LogP contribution is -2.37. The second kappa shape index (κ2) is 5.44. The minimum absolute atomic E-state index is 0.614. The van der Waals surface area contributed by atoms with E-state index in [1.54, 1.807) is 7.11 Å². The standard InChI is InChI=1S/C16H23N3O/c1-12(2)18-8-4-5-13(18)9-16-17-10-14-6-7-15(20-3)11-19(14)16/h6-7,10-13H,4-5,8-9H2,1-3H3. The van der Waals surface area contributed by atoms with Crippen LogP contribution >= 0.6 is 0 Å². The quantitative estimate of drug-likeness (QED) is 0.858. The van der Waals surface area contributed by atoms with Gasteiger partial charge >= 0.3 is 0 Å². The Morgan fingerprint density at radius 1 is 1.40 bits per heavy atom. The molecule has 2 aromatic heterocycles. The molecular formula is C16H23N3O. The maximum absolute atomic E-state index is 5.32. The van der Waals surface area contributed by atoms with Gasteiger partial charge in [0.1, 0.15) is 11.6 Å². The molecule has 0 spiro atoms. The number of ether oxygens (including phenoxy) is 1. The molecule has 1 unspecified atom stereocenters. The van der Waals surface area contributed by atoms with E-state index in [4.69, 9.17) is 4.74 Å². The SMILES string of the molecule is COc1ccc2cnc(CC3CCCN3C(C)C)n2c1. The van der Waals surface area contributed by atoms with Gasteiger partial charge in [-0.3, -0.25) is 9.30 Å². The monoisotopic (exact) mass is 273 g/mol. The fourth-order valence-corrected chi connectivity index (χ4v) is 3.26. The fraction of sp³-hybridized carbons (Fsp3) is 0.562. The van der Waals surface area contributed by atoms with Gasteiger partial charge in [-0.25, -0.2) is 4.98 Å². The van der Waals surface area contributed by atoms with Crippen LogP contribution in [0.15, 0.2) is 24.5 Å². The van der Waals surface area contributed by atoms with Gasteiger partial charge in [-0.1, -0.05) is 0 Å². The van der Waals surface area contributed by atoms with Crippen molar-refractivity contribution in [3.63, 3.8) is 0 Å². The lowest BCUT2D eigenvalue weighted by Gasteiger charge is -2.27. The molecule has 3 heterocycles. The first-order valence-electron chi connectivity index (χ1n) is 7.45. The van der Waals surface area contributed by atoms with Gasteiger partial charge in [0.15, 0.2) is 0 Å². The highest BCUT2D eigenvalue weighted by Gasteiger charge is 2.27. The molecule has 0 aliphatic carbocycles. The van der Waals surface area contributed by atoms with Crippen LogP contribution in [0.3, 0.4) is 0 Å². The molecule has 0 N–H and O–H groups in total. The summed E-state index contributed by atoms with van der Waals surface area (Å²) in [5, 5.41) is 0. The van der Waals surface area contributed by atoms with Crippen LogP contribution in [0.25, 0.3) is 5.52 Å². The molecule has 1 aliphatic rings. The number of rotatable bonds is 4. The van der Waals surface area contributed by atoms with Gasteiger partial charge in [0.05, 0.1) is 25.0 Å². The van der Waals surface area contributed by atoms with Crippen LogP contribution in [0, 0.1) is 0 Å². The second-order valence-corrected chi connectivity index (χ2v) is 5.87. The van der Waals surface area contributed by atoms with Gasteiger partial charge in [0.25, 0.3) is 0 Å². The van der Waals surface area contributed by atoms with Crippen LogP contribution in [-0.2, 0) is 6.42 Å². The lowest BCUT2D eigenvalue weighted by atomic mass is 10.1. The molecule has 1 saturated heterocycles. The molecule has 0 saturated carbocycles. The molecule has 0 radical (unpaired) electrons. The Labute approximate surface area is 120 Å². The summed E-state index contributed by atoms with van der Waals surface area (Å²) >= 11 is 0. The van der Waals surface area contributed by atoms with Crippen molar-refractivity contribution in [3.8, 4) is 5.75 Å². The van der Waals surface area contributed by atoms with Gasteiger partial charge in [-0.15, -0.1) is 0 Å². The van der Waals surface area contributed by atoms with E-state index >= 15 is 0 Å². The van der Waals surface area contributed by atoms with Gasteiger partial charge in [0, 0.05) is 18.5 Å². The summed E-state index contributed by atoms with van der Waals surface area (Å²) in [7, 11) is 1.70. The Bertz CT molecular complexity index is 590. The number of hydrogen-bond acceptors (Lipinski definition) is 3. The smallest absolute Gasteiger partial charge is 0.135 e. The molecule has 108 valence electrons. The Morgan fingerprint density at radius 2 is 2.25 bits per heavy atom. The number of fused-ring (bicyclic) bond motifs is 1. The first-order valence-corrected chi connectivity index (χ1v) is 7.45. The molecule has 20 heavy (non-hydrogen) atoms. The Balaban J connectivity index is 1.87. The zero-order valence-corrected chi connectivity index (χ0v) is 12.5. The zero-order chi connectivity index (χ0) is 14.1. The van der Waals surface area contributed by atoms with E-state index in [2.05, 4.69) is 34.2 Å². The molecule has 2 aromatic rings. The number of aromatic nitrogens is 2. The largest absolute Gasteiger partial charge is 0.495 e. The molecule has 0 bridgehead atoms. The van der Waals surface area contributed by atoms with Gasteiger partial charge in [0.2, 0.25) is 0 Å². The van der Waals surface area contributed by atoms with Gasteiger partial charge < -0.3 is 4.74 Å². The summed E-state index contributed by atoms with van der Waals surface area (Å²) in [5.41, 5.74) is 1.13. The summed E-state index contributed by atoms with van der Waals surface area (Å²) in [5.74, 6) is 2.01. The summed E-state index contributed by atoms with van der Waals surface area (Å²) in [6, 6.07) is 5.27. The summed E-state index contributed by atoms with van der Waals surface area (Å²) in [6.07, 6.45) is 7.57. The molecule has 1 fully saturated rings. The van der Waals surface area contributed by atoms with Crippen LogP contribution in [0.4, 0.5) is 0 Å². The van der Waals surface area contributed by atoms with Crippen LogP contribution in [-0.4, -0.2) is 40.0 Å². The Morgan fingerprint density at radius 3 is 3.00 bits per heavy atom. The lowest BCUT2D eigenvalue weighted by molar-refractivity contribution is 0.201. The van der Waals surface area contributed by atoms with Crippen molar-refractivity contribution in [2.45, 2.75) is 45.2 Å². The molecule has 3 rings (SSSR count).